The van der Waals surface area contributed by atoms with Crippen LogP contribution in [0, 0.1) is 5.82 Å². The van der Waals surface area contributed by atoms with Gasteiger partial charge in [-0.3, -0.25) is 19.0 Å². The number of nitrogens with two attached hydrogens (primary N) is 1. The first-order chi connectivity index (χ1) is 17.3. The van der Waals surface area contributed by atoms with E-state index in [4.69, 9.17) is 26.5 Å². The van der Waals surface area contributed by atoms with Crippen LogP contribution in [0.4, 0.5) is 10.1 Å². The molecule has 0 aliphatic carbocycles. The molecule has 0 aliphatic rings. The molecule has 10 nitrogen and oxygen atoms in total. The van der Waals surface area contributed by atoms with Gasteiger partial charge < -0.3 is 20.2 Å². The topological polar surface area (TPSA) is 142 Å². The number of benzene rings is 1. The van der Waals surface area contributed by atoms with E-state index >= 15 is 0 Å². The highest BCUT2D eigenvalue weighted by atomic mass is 35.5. The minimum absolute atomic E-state index is 0.0223. The average Bonchev–Trinajstić information content (AvgIpc) is 3.38. The number of carbonyl (C=O) groups excluding carboxylic acids is 2. The lowest BCUT2D eigenvalue weighted by molar-refractivity contribution is -0.119. The van der Waals surface area contributed by atoms with Crippen molar-refractivity contribution in [3.63, 3.8) is 0 Å². The highest BCUT2D eigenvalue weighted by Crippen LogP contribution is 2.33. The molecular weight excluding hydrogens is 493 g/mol. The molecule has 1 unspecified atom stereocenters. The van der Waals surface area contributed by atoms with E-state index in [1.807, 2.05) is 0 Å². The van der Waals surface area contributed by atoms with Crippen LogP contribution in [0.25, 0.3) is 11.1 Å². The van der Waals surface area contributed by atoms with Gasteiger partial charge in [0.2, 0.25) is 5.91 Å². The first kappa shape index (κ1) is 24.6. The lowest BCUT2D eigenvalue weighted by atomic mass is 10.0. The molecule has 2 amide bonds. The van der Waals surface area contributed by atoms with Crippen LogP contribution in [0.5, 0.6) is 5.75 Å². The monoisotopic (exact) mass is 511 g/mol. The van der Waals surface area contributed by atoms with Crippen LogP contribution in [-0.2, 0) is 11.2 Å². The fraction of sp³-hybridized carbons (Fsp3) is 0.125. The van der Waals surface area contributed by atoms with Crippen LogP contribution in [0.3, 0.4) is 0 Å². The van der Waals surface area contributed by atoms with Crippen LogP contribution in [0.15, 0.2) is 70.5 Å². The van der Waals surface area contributed by atoms with Crippen LogP contribution in [-0.4, -0.2) is 33.5 Å². The van der Waals surface area contributed by atoms with Crippen LogP contribution in [0.2, 0.25) is 5.02 Å². The Balaban J connectivity index is 1.74. The van der Waals surface area contributed by atoms with Crippen molar-refractivity contribution < 1.29 is 23.1 Å². The second-order valence-corrected chi connectivity index (χ2v) is 7.99. The highest BCUT2D eigenvalue weighted by Gasteiger charge is 2.26. The van der Waals surface area contributed by atoms with Gasteiger partial charge in [0.05, 0.1) is 37.8 Å². The predicted octanol–water partition coefficient (Wildman–Crippen LogP) is 3.22. The number of halogens is 2. The van der Waals surface area contributed by atoms with Crippen molar-refractivity contribution in [2.24, 2.45) is 5.73 Å². The fourth-order valence-corrected chi connectivity index (χ4v) is 3.70. The van der Waals surface area contributed by atoms with Crippen molar-refractivity contribution in [3.8, 4) is 16.9 Å². The van der Waals surface area contributed by atoms with Gasteiger partial charge in [-0.05, 0) is 30.3 Å². The maximum atomic E-state index is 14.5. The van der Waals surface area contributed by atoms with Crippen LogP contribution < -0.4 is 21.3 Å². The molecule has 0 fully saturated rings. The number of carbonyl (C=O) groups is 2. The molecule has 0 spiro atoms. The first-order valence-electron chi connectivity index (χ1n) is 10.5. The fourth-order valence-electron chi connectivity index (χ4n) is 3.52. The minimum atomic E-state index is -1.14. The van der Waals surface area contributed by atoms with Gasteiger partial charge in [0.25, 0.3) is 11.5 Å². The molecule has 1 aromatic carbocycles. The molecule has 4 rings (SSSR count). The summed E-state index contributed by atoms with van der Waals surface area (Å²) in [6, 6.07) is 6.75. The minimum Gasteiger partial charge on any atom is -0.495 e. The molecule has 36 heavy (non-hydrogen) atoms. The van der Waals surface area contributed by atoms with E-state index in [1.54, 1.807) is 0 Å². The molecule has 0 saturated heterocycles. The summed E-state index contributed by atoms with van der Waals surface area (Å²) in [6.45, 7) is 0. The SMILES string of the molecule is COc1cn(C(Cc2ncco2)C(=O)Nc2ccc(C(N)=O)nc2)c(=O)cc1-c1cc(Cl)ccc1F. The van der Waals surface area contributed by atoms with Gasteiger partial charge >= 0.3 is 0 Å². The number of aromatic nitrogens is 3. The van der Waals surface area contributed by atoms with E-state index in [-0.39, 0.29) is 45.6 Å². The van der Waals surface area contributed by atoms with E-state index in [1.165, 1.54) is 62.3 Å². The van der Waals surface area contributed by atoms with Gasteiger partial charge in [0.15, 0.2) is 5.89 Å². The molecule has 184 valence electrons. The van der Waals surface area contributed by atoms with Crippen molar-refractivity contribution in [2.45, 2.75) is 12.5 Å². The van der Waals surface area contributed by atoms with Gasteiger partial charge in [-0.2, -0.15) is 0 Å². The van der Waals surface area contributed by atoms with Crippen molar-refractivity contribution >= 4 is 29.1 Å². The molecule has 3 aromatic heterocycles. The van der Waals surface area contributed by atoms with E-state index in [2.05, 4.69) is 15.3 Å². The summed E-state index contributed by atoms with van der Waals surface area (Å²) >= 11 is 6.02. The van der Waals surface area contributed by atoms with E-state index < -0.39 is 29.2 Å². The summed E-state index contributed by atoms with van der Waals surface area (Å²) < 4.78 is 26.4. The molecule has 3 heterocycles. The number of hydrogen-bond acceptors (Lipinski definition) is 7. The summed E-state index contributed by atoms with van der Waals surface area (Å²) in [4.78, 5) is 45.6. The Morgan fingerprint density at radius 3 is 2.67 bits per heavy atom. The molecule has 3 N–H and O–H groups in total. The largest absolute Gasteiger partial charge is 0.495 e. The number of oxazole rings is 1. The summed E-state index contributed by atoms with van der Waals surface area (Å²) in [5, 5.41) is 2.92. The van der Waals surface area contributed by atoms with Crippen molar-refractivity contribution in [3.05, 3.63) is 94.0 Å². The normalized spacial score (nSPS) is 11.6. The zero-order valence-corrected chi connectivity index (χ0v) is 19.5. The molecule has 1 atom stereocenters. The maximum Gasteiger partial charge on any atom is 0.267 e. The number of nitrogens with one attached hydrogen (secondary N) is 1. The molecular formula is C24H19ClFN5O5. The molecule has 0 bridgehead atoms. The number of nitrogens with zero attached hydrogens (tertiary/aromatic N) is 3. The number of hydrogen-bond donors (Lipinski definition) is 2. The lowest BCUT2D eigenvalue weighted by Crippen LogP contribution is -2.34. The number of methoxy groups -OCH3 is 1. The Kier molecular flexibility index (Phi) is 7.11. The zero-order valence-electron chi connectivity index (χ0n) is 18.8. The Morgan fingerprint density at radius 1 is 1.22 bits per heavy atom. The molecule has 12 heteroatoms. The molecule has 0 saturated carbocycles. The van der Waals surface area contributed by atoms with Gasteiger partial charge in [-0.15, -0.1) is 0 Å². The highest BCUT2D eigenvalue weighted by molar-refractivity contribution is 6.30. The quantitative estimate of drug-likeness (QED) is 0.370. The van der Waals surface area contributed by atoms with E-state index in [0.29, 0.717) is 0 Å². The van der Waals surface area contributed by atoms with Gasteiger partial charge in [0.1, 0.15) is 29.6 Å². The maximum absolute atomic E-state index is 14.5. The number of primary amides is 1. The number of rotatable bonds is 8. The average molecular weight is 512 g/mol. The van der Waals surface area contributed by atoms with Crippen LogP contribution >= 0.6 is 11.6 Å². The number of amides is 2. The van der Waals surface area contributed by atoms with Crippen molar-refractivity contribution in [2.75, 3.05) is 12.4 Å². The zero-order chi connectivity index (χ0) is 25.8. The number of ether oxygens (including phenoxy) is 1. The Bertz CT molecular complexity index is 1470. The predicted molar refractivity (Wildman–Crippen MR) is 128 cm³/mol. The molecule has 0 radical (unpaired) electrons. The van der Waals surface area contributed by atoms with Gasteiger partial charge in [0, 0.05) is 22.2 Å². The number of pyridine rings is 2. The molecule has 0 aliphatic heterocycles. The van der Waals surface area contributed by atoms with Gasteiger partial charge in [-0.1, -0.05) is 11.6 Å². The van der Waals surface area contributed by atoms with Crippen LogP contribution in [0.1, 0.15) is 22.4 Å². The Labute approximate surface area is 208 Å². The summed E-state index contributed by atoms with van der Waals surface area (Å²) in [6.07, 6.45) is 5.23. The van der Waals surface area contributed by atoms with Crippen molar-refractivity contribution in [1.29, 1.82) is 0 Å². The Morgan fingerprint density at radius 2 is 2.03 bits per heavy atom. The van der Waals surface area contributed by atoms with E-state index in [0.717, 1.165) is 10.6 Å². The molecule has 4 aromatic rings. The lowest BCUT2D eigenvalue weighted by Gasteiger charge is -2.20. The third-order valence-corrected chi connectivity index (χ3v) is 5.49. The Hall–Kier alpha value is -4.51. The summed E-state index contributed by atoms with van der Waals surface area (Å²) in [7, 11) is 1.35. The third kappa shape index (κ3) is 5.26. The first-order valence-corrected chi connectivity index (χ1v) is 10.9. The second kappa shape index (κ2) is 10.4. The smallest absolute Gasteiger partial charge is 0.267 e. The third-order valence-electron chi connectivity index (χ3n) is 5.26. The van der Waals surface area contributed by atoms with Gasteiger partial charge in [-0.25, -0.2) is 14.4 Å². The van der Waals surface area contributed by atoms with Crippen molar-refractivity contribution in [1.82, 2.24) is 14.5 Å². The van der Waals surface area contributed by atoms with E-state index in [9.17, 15) is 18.8 Å². The number of anilines is 1. The second-order valence-electron chi connectivity index (χ2n) is 7.56. The summed E-state index contributed by atoms with van der Waals surface area (Å²) in [5.41, 5.74) is 5.10. The summed E-state index contributed by atoms with van der Waals surface area (Å²) in [5.74, 6) is -1.59. The standard InChI is InChI=1S/C24H19ClFN5O5/c1-35-20-12-31(22(32)9-16(20)15-8-13(25)2-4-17(15)26)19(10-21-28-6-7-36-21)24(34)30-14-3-5-18(23(27)33)29-11-14/h2-9,11-12,19H,10H2,1H3,(H2,27,33)(H,30,34).